The van der Waals surface area contributed by atoms with E-state index in [1.165, 1.54) is 29.7 Å². The third-order valence-electron chi connectivity index (χ3n) is 5.24. The number of carboxylic acid groups (broad SMARTS) is 2. The number of carboxylic acids is 2. The fourth-order valence-corrected chi connectivity index (χ4v) is 5.82. The molecule has 2 aliphatic carbocycles. The number of aromatic amines is 1. The van der Waals surface area contributed by atoms with Gasteiger partial charge in [-0.3, -0.25) is 9.59 Å². The van der Waals surface area contributed by atoms with Crippen molar-refractivity contribution in [3.8, 4) is 0 Å². The smallest absolute Gasteiger partial charge is 0.329 e. The van der Waals surface area contributed by atoms with E-state index in [9.17, 15) is 24.6 Å². The summed E-state index contributed by atoms with van der Waals surface area (Å²) in [5.41, 5.74) is 4.24. The molecule has 27 heavy (non-hydrogen) atoms. The molecule has 2 saturated carbocycles. The summed E-state index contributed by atoms with van der Waals surface area (Å²) in [4.78, 5) is 36.3. The van der Waals surface area contributed by atoms with E-state index in [1.54, 1.807) is 0 Å². The van der Waals surface area contributed by atoms with Gasteiger partial charge in [-0.05, 0) is 30.8 Å². The Hall–Kier alpha value is -1.79. The zero-order chi connectivity index (χ0) is 19.8. The molecule has 3 rings (SSSR count). The molecular formula is C15H21N5O5S2. The number of aromatic nitrogens is 3. The molecule has 2 fully saturated rings. The number of nitrogens with two attached hydrogens (primary N) is 1. The summed E-state index contributed by atoms with van der Waals surface area (Å²) < 4.78 is 0. The lowest BCUT2D eigenvalue weighted by Gasteiger charge is -2.31. The van der Waals surface area contributed by atoms with Gasteiger partial charge in [0.25, 0.3) is 0 Å². The van der Waals surface area contributed by atoms with Gasteiger partial charge in [-0.1, -0.05) is 11.8 Å². The fraction of sp³-hybridized carbons (Fsp3) is 0.667. The first-order valence-corrected chi connectivity index (χ1v) is 10.6. The molecular weight excluding hydrogens is 394 g/mol. The molecule has 0 saturated heterocycles. The number of hydrogen-bond donors (Lipinski definition) is 5. The van der Waals surface area contributed by atoms with Crippen molar-refractivity contribution in [2.24, 2.45) is 23.5 Å². The molecule has 148 valence electrons. The fourth-order valence-electron chi connectivity index (χ4n) is 3.97. The summed E-state index contributed by atoms with van der Waals surface area (Å²) >= 11 is 2.82. The van der Waals surface area contributed by atoms with Crippen LogP contribution in [0.15, 0.2) is 11.2 Å². The number of H-pyrrole nitrogens is 1. The van der Waals surface area contributed by atoms with Gasteiger partial charge in [-0.25, -0.2) is 4.79 Å². The monoisotopic (exact) mass is 415 g/mol. The predicted octanol–water partition coefficient (Wildman–Crippen LogP) is -0.364. The minimum atomic E-state index is -1.64. The number of hydrogen-bond acceptors (Lipinski definition) is 8. The number of nitrogens with zero attached hydrogens (tertiary/aromatic N) is 2. The van der Waals surface area contributed by atoms with Crippen LogP contribution in [0.3, 0.4) is 0 Å². The average molecular weight is 415 g/mol. The van der Waals surface area contributed by atoms with Gasteiger partial charge in [0.1, 0.15) is 10.6 Å². The van der Waals surface area contributed by atoms with Crippen LogP contribution in [0.5, 0.6) is 0 Å². The molecule has 1 heterocycles. The van der Waals surface area contributed by atoms with Gasteiger partial charge in [-0.15, -0.1) is 5.10 Å². The first kappa shape index (κ1) is 20.0. The van der Waals surface area contributed by atoms with E-state index in [2.05, 4.69) is 20.7 Å². The van der Waals surface area contributed by atoms with Crippen LogP contribution in [0.4, 0.5) is 0 Å². The number of amides is 1. The molecule has 0 radical (unpaired) electrons. The molecule has 6 atom stereocenters. The molecule has 6 N–H and O–H groups in total. The highest BCUT2D eigenvalue weighted by Crippen LogP contribution is 2.65. The zero-order valence-electron chi connectivity index (χ0n) is 14.5. The standard InChI is InChI=1S/C15H21N5O5S2/c1-26-3-2-6(16)12(21)18-15(14(24)25)4-7(27-8-5-17-20-19-8)9-10(11(9)15)13(22)23/h5-7,9-11H,2-4,16H2,1H3,(H,18,21)(H,22,23)(H,24,25)(H,17,19,20)/t6-,7+,9-,10-,11-,15-/m0/s1. The highest BCUT2D eigenvalue weighted by molar-refractivity contribution is 7.99. The lowest BCUT2D eigenvalue weighted by molar-refractivity contribution is -0.150. The number of nitrogens with one attached hydrogen (secondary N) is 2. The third kappa shape index (κ3) is 3.65. The van der Waals surface area contributed by atoms with Crippen LogP contribution in [0, 0.1) is 17.8 Å². The molecule has 0 aromatic carbocycles. The van der Waals surface area contributed by atoms with Crippen LogP contribution in [-0.2, 0) is 14.4 Å². The maximum absolute atomic E-state index is 12.5. The Kier molecular flexibility index (Phi) is 5.68. The molecule has 0 spiro atoms. The summed E-state index contributed by atoms with van der Waals surface area (Å²) in [6.45, 7) is 0. The van der Waals surface area contributed by atoms with E-state index >= 15 is 0 Å². The topological polar surface area (TPSA) is 171 Å². The second-order valence-electron chi connectivity index (χ2n) is 6.79. The lowest BCUT2D eigenvalue weighted by Crippen LogP contribution is -2.59. The summed E-state index contributed by atoms with van der Waals surface area (Å²) in [7, 11) is 0. The molecule has 0 aliphatic heterocycles. The molecule has 0 unspecified atom stereocenters. The number of thioether (sulfide) groups is 2. The Morgan fingerprint density at radius 1 is 1.48 bits per heavy atom. The first-order valence-electron chi connectivity index (χ1n) is 8.37. The van der Waals surface area contributed by atoms with E-state index in [4.69, 9.17) is 5.73 Å². The molecule has 12 heteroatoms. The van der Waals surface area contributed by atoms with Crippen molar-refractivity contribution >= 4 is 41.4 Å². The zero-order valence-corrected chi connectivity index (χ0v) is 16.1. The van der Waals surface area contributed by atoms with E-state index in [1.807, 2.05) is 6.26 Å². The predicted molar refractivity (Wildman–Crippen MR) is 98.2 cm³/mol. The van der Waals surface area contributed by atoms with Crippen molar-refractivity contribution in [2.45, 2.75) is 34.7 Å². The van der Waals surface area contributed by atoms with Crippen molar-refractivity contribution in [3.63, 3.8) is 0 Å². The van der Waals surface area contributed by atoms with Gasteiger partial charge < -0.3 is 21.3 Å². The highest BCUT2D eigenvalue weighted by Gasteiger charge is 2.75. The maximum Gasteiger partial charge on any atom is 0.329 e. The minimum absolute atomic E-state index is 0.111. The molecule has 1 amide bonds. The summed E-state index contributed by atoms with van der Waals surface area (Å²) in [6, 6.07) is -0.837. The van der Waals surface area contributed by atoms with Crippen molar-refractivity contribution < 1.29 is 24.6 Å². The van der Waals surface area contributed by atoms with E-state index in [-0.39, 0.29) is 17.6 Å². The van der Waals surface area contributed by atoms with Gasteiger partial charge in [0.2, 0.25) is 5.91 Å². The molecule has 1 aromatic heterocycles. The quantitative estimate of drug-likeness (QED) is 0.358. The molecule has 2 aliphatic rings. The van der Waals surface area contributed by atoms with Gasteiger partial charge in [0, 0.05) is 11.2 Å². The molecule has 0 bridgehead atoms. The lowest BCUT2D eigenvalue weighted by atomic mass is 9.89. The van der Waals surface area contributed by atoms with Crippen LogP contribution < -0.4 is 11.1 Å². The number of fused-ring (bicyclic) bond motifs is 1. The number of carbonyl (C=O) groups excluding carboxylic acids is 1. The summed E-state index contributed by atoms with van der Waals surface area (Å²) in [5.74, 6) is -4.02. The number of rotatable bonds is 9. The average Bonchev–Trinajstić information content (AvgIpc) is 3.02. The van der Waals surface area contributed by atoms with Gasteiger partial charge >= 0.3 is 11.9 Å². The second-order valence-corrected chi connectivity index (χ2v) is 9.03. The Bertz CT molecular complexity index is 732. The Morgan fingerprint density at radius 3 is 2.78 bits per heavy atom. The van der Waals surface area contributed by atoms with Crippen LogP contribution in [0.25, 0.3) is 0 Å². The van der Waals surface area contributed by atoms with E-state index < -0.39 is 41.3 Å². The number of aliphatic carboxylic acids is 2. The van der Waals surface area contributed by atoms with Crippen molar-refractivity contribution in [3.05, 3.63) is 6.20 Å². The van der Waals surface area contributed by atoms with Crippen LogP contribution in [-0.4, -0.2) is 72.3 Å². The highest BCUT2D eigenvalue weighted by atomic mass is 32.2. The normalized spacial score (nSPS) is 32.5. The minimum Gasteiger partial charge on any atom is -0.481 e. The second kappa shape index (κ2) is 7.68. The van der Waals surface area contributed by atoms with Crippen LogP contribution in [0.2, 0.25) is 0 Å². The van der Waals surface area contributed by atoms with Gasteiger partial charge in [0.05, 0.1) is 18.2 Å². The molecule has 10 nitrogen and oxygen atoms in total. The van der Waals surface area contributed by atoms with E-state index in [0.717, 1.165) is 0 Å². The molecule has 1 aromatic rings. The van der Waals surface area contributed by atoms with Crippen molar-refractivity contribution in [1.82, 2.24) is 20.7 Å². The van der Waals surface area contributed by atoms with Gasteiger partial charge in [-0.2, -0.15) is 22.1 Å². The van der Waals surface area contributed by atoms with Gasteiger partial charge in [0.15, 0.2) is 0 Å². The maximum atomic E-state index is 12.5. The Balaban J connectivity index is 1.82. The van der Waals surface area contributed by atoms with Crippen molar-refractivity contribution in [1.29, 1.82) is 0 Å². The first-order chi connectivity index (χ1) is 12.8. The largest absolute Gasteiger partial charge is 0.481 e. The summed E-state index contributed by atoms with van der Waals surface area (Å²) in [5, 5.41) is 32.4. The third-order valence-corrected chi connectivity index (χ3v) is 7.11. The SMILES string of the molecule is CSCC[C@H](N)C(=O)N[C@@]1(C(=O)O)C[C@@H](Sc2cn[nH]n2)[C@H]2[C@H](C(=O)O)[C@H]21. The van der Waals surface area contributed by atoms with E-state index in [0.29, 0.717) is 17.2 Å². The Morgan fingerprint density at radius 2 is 2.22 bits per heavy atom. The Labute approximate surface area is 163 Å². The summed E-state index contributed by atoms with van der Waals surface area (Å²) in [6.07, 6.45) is 3.91. The number of carbonyl (C=O) groups is 3. The van der Waals surface area contributed by atoms with Crippen LogP contribution >= 0.6 is 23.5 Å². The van der Waals surface area contributed by atoms with Crippen LogP contribution in [0.1, 0.15) is 12.8 Å². The van der Waals surface area contributed by atoms with Crippen molar-refractivity contribution in [2.75, 3.05) is 12.0 Å².